The van der Waals surface area contributed by atoms with Crippen LogP contribution in [-0.4, -0.2) is 42.9 Å². The fraction of sp³-hybridized carbons (Fsp3) is 0.125. The Morgan fingerprint density at radius 2 is 2.20 bits per heavy atom. The van der Waals surface area contributed by atoms with Gasteiger partial charge >= 0.3 is 5.97 Å². The Labute approximate surface area is 140 Å². The Hall–Kier alpha value is -3.46. The van der Waals surface area contributed by atoms with Crippen molar-refractivity contribution in [3.05, 3.63) is 52.3 Å². The summed E-state index contributed by atoms with van der Waals surface area (Å²) in [4.78, 5) is 31.2. The lowest BCUT2D eigenvalue weighted by atomic mass is 10.1. The number of hydrogen-bond acceptors (Lipinski definition) is 6. The Kier molecular flexibility index (Phi) is 3.36. The summed E-state index contributed by atoms with van der Waals surface area (Å²) in [5.41, 5.74) is 2.47. The highest BCUT2D eigenvalue weighted by Gasteiger charge is 2.22. The number of hydrogen-bond donors (Lipinski definition) is 3. The molecule has 0 amide bonds. The monoisotopic (exact) mass is 339 g/mol. The van der Waals surface area contributed by atoms with Crippen LogP contribution < -0.4 is 5.56 Å². The number of aromatic amines is 2. The van der Waals surface area contributed by atoms with Crippen LogP contribution in [0.4, 0.5) is 0 Å². The predicted molar refractivity (Wildman–Crippen MR) is 87.7 cm³/mol. The number of imidazole rings is 1. The molecule has 3 N–H and O–H groups in total. The molecule has 0 unspecified atom stereocenters. The van der Waals surface area contributed by atoms with Crippen molar-refractivity contribution in [2.24, 2.45) is 0 Å². The quantitative estimate of drug-likeness (QED) is 0.474. The predicted octanol–water partition coefficient (Wildman–Crippen LogP) is 0.821. The lowest BCUT2D eigenvalue weighted by molar-refractivity contribution is 0.0600. The molecule has 126 valence electrons. The minimum atomic E-state index is -0.587. The maximum Gasteiger partial charge on any atom is 0.341 e. The summed E-state index contributed by atoms with van der Waals surface area (Å²) in [6, 6.07) is 5.38. The van der Waals surface area contributed by atoms with Gasteiger partial charge in [0.2, 0.25) is 0 Å². The molecule has 4 rings (SSSR count). The van der Waals surface area contributed by atoms with E-state index in [2.05, 4.69) is 20.2 Å². The number of aromatic nitrogens is 5. The number of benzene rings is 1. The number of rotatable bonds is 3. The molecule has 0 saturated heterocycles. The highest BCUT2D eigenvalue weighted by atomic mass is 16.5. The molecule has 0 aliphatic carbocycles. The van der Waals surface area contributed by atoms with Gasteiger partial charge in [-0.2, -0.15) is 5.10 Å². The van der Waals surface area contributed by atoms with Gasteiger partial charge in [-0.05, 0) is 18.2 Å². The normalized spacial score (nSPS) is 11.3. The van der Waals surface area contributed by atoms with Gasteiger partial charge in [0.15, 0.2) is 0 Å². The Morgan fingerprint density at radius 1 is 1.36 bits per heavy atom. The van der Waals surface area contributed by atoms with E-state index in [1.165, 1.54) is 7.11 Å². The maximum absolute atomic E-state index is 12.0. The SMILES string of the molecule is COC(=O)c1cn(-c2ccc3nc(CO)[nH]c3c2)cc2c(=O)[nH]nc1-2. The minimum Gasteiger partial charge on any atom is -0.465 e. The van der Waals surface area contributed by atoms with Crippen molar-refractivity contribution in [1.29, 1.82) is 0 Å². The zero-order valence-corrected chi connectivity index (χ0v) is 13.1. The molecular weight excluding hydrogens is 326 g/mol. The second-order valence-electron chi connectivity index (χ2n) is 5.43. The van der Waals surface area contributed by atoms with Crippen molar-refractivity contribution in [3.8, 4) is 16.9 Å². The highest BCUT2D eigenvalue weighted by Crippen LogP contribution is 2.24. The van der Waals surface area contributed by atoms with Gasteiger partial charge in [0.05, 0.1) is 23.7 Å². The van der Waals surface area contributed by atoms with Crippen molar-refractivity contribution in [1.82, 2.24) is 24.7 Å². The van der Waals surface area contributed by atoms with Crippen LogP contribution in [0.2, 0.25) is 0 Å². The molecule has 0 fully saturated rings. The van der Waals surface area contributed by atoms with Gasteiger partial charge in [0.1, 0.15) is 23.7 Å². The molecule has 1 aromatic carbocycles. The fourth-order valence-corrected chi connectivity index (χ4v) is 2.73. The van der Waals surface area contributed by atoms with E-state index < -0.39 is 5.97 Å². The largest absolute Gasteiger partial charge is 0.465 e. The van der Waals surface area contributed by atoms with Gasteiger partial charge in [-0.3, -0.25) is 4.79 Å². The van der Waals surface area contributed by atoms with Gasteiger partial charge < -0.3 is 19.4 Å². The van der Waals surface area contributed by atoms with Crippen molar-refractivity contribution in [2.45, 2.75) is 6.61 Å². The Morgan fingerprint density at radius 3 is 2.96 bits per heavy atom. The lowest BCUT2D eigenvalue weighted by Crippen LogP contribution is -2.11. The van der Waals surface area contributed by atoms with E-state index in [9.17, 15) is 14.7 Å². The first kappa shape index (κ1) is 15.1. The van der Waals surface area contributed by atoms with Crippen LogP contribution in [0, 0.1) is 0 Å². The number of esters is 1. The number of nitrogens with one attached hydrogen (secondary N) is 2. The van der Waals surface area contributed by atoms with Gasteiger partial charge in [0.25, 0.3) is 5.56 Å². The van der Waals surface area contributed by atoms with E-state index in [0.717, 1.165) is 5.52 Å². The number of H-pyrrole nitrogens is 2. The number of methoxy groups -OCH3 is 1. The fourth-order valence-electron chi connectivity index (χ4n) is 2.73. The third kappa shape index (κ3) is 2.37. The summed E-state index contributed by atoms with van der Waals surface area (Å²) in [6.07, 6.45) is 3.15. The van der Waals surface area contributed by atoms with E-state index in [1.807, 2.05) is 0 Å². The van der Waals surface area contributed by atoms with Gasteiger partial charge in [-0.15, -0.1) is 0 Å². The molecule has 2 aromatic rings. The van der Waals surface area contributed by atoms with E-state index in [1.54, 1.807) is 35.2 Å². The Balaban J connectivity index is 1.94. The van der Waals surface area contributed by atoms with E-state index in [-0.39, 0.29) is 29.0 Å². The van der Waals surface area contributed by atoms with Crippen LogP contribution in [0.15, 0.2) is 35.4 Å². The molecule has 0 saturated carbocycles. The van der Waals surface area contributed by atoms with E-state index in [4.69, 9.17) is 4.74 Å². The van der Waals surface area contributed by atoms with Crippen molar-refractivity contribution < 1.29 is 14.6 Å². The molecule has 2 aliphatic heterocycles. The summed E-state index contributed by atoms with van der Waals surface area (Å²) in [7, 11) is 1.27. The number of aliphatic hydroxyl groups excluding tert-OH is 1. The average molecular weight is 339 g/mol. The first-order valence-electron chi connectivity index (χ1n) is 7.39. The molecule has 25 heavy (non-hydrogen) atoms. The molecule has 9 heteroatoms. The first-order chi connectivity index (χ1) is 12.1. The molecule has 0 radical (unpaired) electrons. The lowest BCUT2D eigenvalue weighted by Gasteiger charge is -2.11. The van der Waals surface area contributed by atoms with Gasteiger partial charge in [0, 0.05) is 18.1 Å². The topological polar surface area (TPSA) is 126 Å². The van der Waals surface area contributed by atoms with Crippen LogP contribution in [0.25, 0.3) is 28.0 Å². The second kappa shape index (κ2) is 5.56. The highest BCUT2D eigenvalue weighted by molar-refractivity contribution is 5.96. The molecule has 0 bridgehead atoms. The first-order valence-corrected chi connectivity index (χ1v) is 7.39. The smallest absolute Gasteiger partial charge is 0.341 e. The number of fused-ring (bicyclic) bond motifs is 2. The number of ether oxygens (including phenoxy) is 1. The molecule has 1 aromatic heterocycles. The molecule has 0 atom stereocenters. The zero-order valence-electron chi connectivity index (χ0n) is 13.1. The van der Waals surface area contributed by atoms with Crippen LogP contribution in [0.1, 0.15) is 16.2 Å². The molecule has 3 heterocycles. The summed E-state index contributed by atoms with van der Waals surface area (Å²) < 4.78 is 6.42. The van der Waals surface area contributed by atoms with Crippen molar-refractivity contribution in [2.75, 3.05) is 7.11 Å². The van der Waals surface area contributed by atoms with Crippen molar-refractivity contribution >= 4 is 17.0 Å². The molecule has 9 nitrogen and oxygen atoms in total. The number of carbonyl (C=O) groups excluding carboxylic acids is 1. The maximum atomic E-state index is 12.0. The number of nitrogens with zero attached hydrogens (tertiary/aromatic N) is 3. The van der Waals surface area contributed by atoms with Crippen LogP contribution in [-0.2, 0) is 11.3 Å². The van der Waals surface area contributed by atoms with E-state index >= 15 is 0 Å². The third-order valence-electron chi connectivity index (χ3n) is 3.93. The third-order valence-corrected chi connectivity index (χ3v) is 3.93. The molecule has 0 spiro atoms. The Bertz CT molecular complexity index is 1120. The summed E-state index contributed by atoms with van der Waals surface area (Å²) in [5.74, 6) is -0.129. The second-order valence-corrected chi connectivity index (χ2v) is 5.43. The van der Waals surface area contributed by atoms with Crippen LogP contribution in [0.3, 0.4) is 0 Å². The summed E-state index contributed by atoms with van der Waals surface area (Å²) >= 11 is 0. The average Bonchev–Trinajstić information content (AvgIpc) is 3.23. The zero-order chi connectivity index (χ0) is 17.6. The number of carbonyl (C=O) groups is 1. The number of aliphatic hydroxyl groups is 1. The molecule has 2 aliphatic rings. The van der Waals surface area contributed by atoms with Crippen LogP contribution >= 0.6 is 0 Å². The van der Waals surface area contributed by atoms with E-state index in [0.29, 0.717) is 17.0 Å². The number of pyridine rings is 1. The van der Waals surface area contributed by atoms with Gasteiger partial charge in [-0.1, -0.05) is 0 Å². The van der Waals surface area contributed by atoms with Crippen molar-refractivity contribution in [3.63, 3.8) is 0 Å². The summed E-state index contributed by atoms with van der Waals surface area (Å²) in [5, 5.41) is 15.4. The molecular formula is C16H13N5O4. The standard InChI is InChI=1S/C16H13N5O4/c1-25-16(24)10-6-21(5-9-14(10)19-20-15(9)23)8-2-3-11-12(4-8)18-13(7-22)17-11/h2-6,22H,7H2,1H3,(H,17,18)(H,20,23). The van der Waals surface area contributed by atoms with Gasteiger partial charge in [-0.25, -0.2) is 14.9 Å². The summed E-state index contributed by atoms with van der Waals surface area (Å²) in [6.45, 7) is -0.190. The minimum absolute atomic E-state index is 0.180. The van der Waals surface area contributed by atoms with Crippen LogP contribution in [0.5, 0.6) is 0 Å².